The highest BCUT2D eigenvalue weighted by Crippen LogP contribution is 2.26. The van der Waals surface area contributed by atoms with Gasteiger partial charge in [0.25, 0.3) is 5.91 Å². The van der Waals surface area contributed by atoms with Gasteiger partial charge in [-0.3, -0.25) is 29.0 Å². The molecule has 3 unspecified atom stereocenters. The Bertz CT molecular complexity index is 3310. The van der Waals surface area contributed by atoms with Gasteiger partial charge in [-0.15, -0.1) is 0 Å². The number of rotatable bonds is 16. The summed E-state index contributed by atoms with van der Waals surface area (Å²) < 4.78 is 3.74. The fraction of sp³-hybridized carbons (Fsp3) is 0.333. The highest BCUT2D eigenvalue weighted by Gasteiger charge is 2.29. The maximum atomic E-state index is 13.1. The molecule has 83 heavy (non-hydrogen) atoms. The van der Waals surface area contributed by atoms with Crippen LogP contribution in [-0.4, -0.2) is 103 Å². The predicted octanol–water partition coefficient (Wildman–Crippen LogP) is 12.6. The zero-order valence-corrected chi connectivity index (χ0v) is 48.6. The summed E-state index contributed by atoms with van der Waals surface area (Å²) in [6.45, 7) is 16.0. The fourth-order valence-electron chi connectivity index (χ4n) is 11.1. The molecule has 6 aromatic carbocycles. The molecule has 14 nitrogen and oxygen atoms in total. The summed E-state index contributed by atoms with van der Waals surface area (Å²) in [5.74, 6) is 0.761. The summed E-state index contributed by atoms with van der Waals surface area (Å²) in [4.78, 5) is 61.7. The van der Waals surface area contributed by atoms with Crippen molar-refractivity contribution >= 4 is 40.6 Å². The van der Waals surface area contributed by atoms with Crippen LogP contribution in [0.4, 0.5) is 17.1 Å². The molecule has 2 aromatic heterocycles. The minimum absolute atomic E-state index is 0.0273. The largest absolute Gasteiger partial charge is 0.385 e. The van der Waals surface area contributed by atoms with E-state index in [1.165, 1.54) is 22.3 Å². The minimum atomic E-state index is 0.0273. The normalized spacial score (nSPS) is 17.2. The Kier molecular flexibility index (Phi) is 21.0. The lowest BCUT2D eigenvalue weighted by molar-refractivity contribution is -0.122. The first-order valence-electron chi connectivity index (χ1n) is 29.5. The van der Waals surface area contributed by atoms with E-state index in [-0.39, 0.29) is 41.3 Å². The number of piperidine rings is 3. The Morgan fingerprint density at radius 2 is 1.10 bits per heavy atom. The standard InChI is InChI=1S/C24H25N3O2.C23H26N4O.C22H29N3O/c1-18-7-9-20(10-8-18)23(28)14-19-4-3-12-26(16-19)24(29)21-5-2-6-22(15-21)27-13-11-25-17-27;1-18-5-9-21(10-6-18)25-23(28)20-4-2-14-26(17-20)16-19-7-11-22(12-8-19)27-15-3-13-24-27;1-3-23-20-12-8-18(9-13-20)15-25-14-4-5-19(16-25)22(26)24-21-10-6-17(2)7-11-21/h2,5-11,13,15,17,19H,3-4,12,14,16H2,1H3;3,5-13,15,20H,2,4,14,16-17H2,1H3,(H,25,28);6-13,19,23H,3-5,14-16H2,1-2H3,(H,24,26). The van der Waals surface area contributed by atoms with Crippen molar-refractivity contribution in [2.75, 3.05) is 61.8 Å². The van der Waals surface area contributed by atoms with Gasteiger partial charge in [0.05, 0.1) is 23.9 Å². The van der Waals surface area contributed by atoms with Gasteiger partial charge < -0.3 is 25.4 Å². The number of carbonyl (C=O) groups is 4. The van der Waals surface area contributed by atoms with Crippen molar-refractivity contribution in [2.24, 2.45) is 17.8 Å². The van der Waals surface area contributed by atoms with Crippen molar-refractivity contribution in [3.05, 3.63) is 222 Å². The van der Waals surface area contributed by atoms with Crippen LogP contribution in [0, 0.1) is 38.5 Å². The molecule has 3 amide bonds. The third-order valence-corrected chi connectivity index (χ3v) is 15.8. The van der Waals surface area contributed by atoms with E-state index in [1.807, 2.05) is 144 Å². The van der Waals surface area contributed by atoms with E-state index < -0.39 is 0 Å². The van der Waals surface area contributed by atoms with Gasteiger partial charge in [0, 0.05) is 111 Å². The molecule has 0 saturated carbocycles. The Labute approximate surface area is 489 Å². The van der Waals surface area contributed by atoms with Gasteiger partial charge in [0.15, 0.2) is 5.78 Å². The number of anilines is 3. The lowest BCUT2D eigenvalue weighted by Crippen LogP contribution is -2.40. The summed E-state index contributed by atoms with van der Waals surface area (Å²) >= 11 is 0. The Hall–Kier alpha value is -8.46. The van der Waals surface area contributed by atoms with Crippen LogP contribution in [0.5, 0.6) is 0 Å². The number of amides is 3. The second-order valence-electron chi connectivity index (χ2n) is 22.5. The highest BCUT2D eigenvalue weighted by molar-refractivity contribution is 5.97. The molecule has 14 heteroatoms. The van der Waals surface area contributed by atoms with Crippen LogP contribution in [0.1, 0.15) is 100 Å². The molecule has 3 fully saturated rings. The van der Waals surface area contributed by atoms with Gasteiger partial charge >= 0.3 is 0 Å². The van der Waals surface area contributed by atoms with Gasteiger partial charge in [0.1, 0.15) is 0 Å². The molecule has 5 heterocycles. The van der Waals surface area contributed by atoms with Crippen molar-refractivity contribution in [2.45, 2.75) is 85.7 Å². The maximum absolute atomic E-state index is 13.1. The number of likely N-dealkylation sites (tertiary alicyclic amines) is 3. The SMILES string of the molecule is CCNc1ccc(CN2CCCC(C(=O)Nc3ccc(C)cc3)C2)cc1.Cc1ccc(C(=O)CC2CCCN(C(=O)c3cccc(-n4ccnc4)c3)C2)cc1.Cc1ccc(NC(=O)C2CCCN(Cc3ccc(-n4cccn4)cc3)C2)cc1. The molecule has 3 aliphatic rings. The number of nitrogens with one attached hydrogen (secondary N) is 3. The number of hydrogen-bond acceptors (Lipinski definition) is 9. The number of aryl methyl sites for hydroxylation is 3. The number of benzene rings is 6. The lowest BCUT2D eigenvalue weighted by atomic mass is 9.90. The molecule has 0 spiro atoms. The molecule has 430 valence electrons. The van der Waals surface area contributed by atoms with E-state index in [1.54, 1.807) is 18.7 Å². The average molecular weight is 1110 g/mol. The van der Waals surface area contributed by atoms with Crippen molar-refractivity contribution in [3.8, 4) is 11.4 Å². The zero-order chi connectivity index (χ0) is 57.9. The van der Waals surface area contributed by atoms with Crippen LogP contribution >= 0.6 is 0 Å². The van der Waals surface area contributed by atoms with Gasteiger partial charge in [-0.05, 0) is 169 Å². The predicted molar refractivity (Wildman–Crippen MR) is 332 cm³/mol. The summed E-state index contributed by atoms with van der Waals surface area (Å²) in [5.41, 5.74) is 12.4. The van der Waals surface area contributed by atoms with Gasteiger partial charge in [-0.2, -0.15) is 5.10 Å². The molecular formula is C69H80N10O4. The summed E-state index contributed by atoms with van der Waals surface area (Å²) in [7, 11) is 0. The van der Waals surface area contributed by atoms with Crippen molar-refractivity contribution in [3.63, 3.8) is 0 Å². The highest BCUT2D eigenvalue weighted by atomic mass is 16.2. The lowest BCUT2D eigenvalue weighted by Gasteiger charge is -2.32. The first-order valence-corrected chi connectivity index (χ1v) is 29.5. The first kappa shape index (κ1) is 59.2. The van der Waals surface area contributed by atoms with Crippen molar-refractivity contribution < 1.29 is 19.2 Å². The number of hydrogen-bond donors (Lipinski definition) is 3. The fourth-order valence-corrected chi connectivity index (χ4v) is 11.1. The molecule has 0 aliphatic carbocycles. The van der Waals surface area contributed by atoms with Crippen molar-refractivity contribution in [1.82, 2.24) is 34.0 Å². The number of carbonyl (C=O) groups excluding carboxylic acids is 4. The minimum Gasteiger partial charge on any atom is -0.385 e. The number of aromatic nitrogens is 4. The van der Waals surface area contributed by atoms with Gasteiger partial charge in [0.2, 0.25) is 11.8 Å². The number of imidazole rings is 1. The van der Waals surface area contributed by atoms with Crippen LogP contribution in [0.15, 0.2) is 183 Å². The Balaban J connectivity index is 0.000000150. The summed E-state index contributed by atoms with van der Waals surface area (Å²) in [6.07, 6.45) is 15.5. The zero-order valence-electron chi connectivity index (χ0n) is 48.6. The van der Waals surface area contributed by atoms with Gasteiger partial charge in [-0.1, -0.05) is 95.6 Å². The number of Topliss-reactive ketones (excluding diaryl/α,β-unsaturated/α-hetero) is 1. The molecule has 0 radical (unpaired) electrons. The molecular weight excluding hydrogens is 1030 g/mol. The van der Waals surface area contributed by atoms with E-state index in [4.69, 9.17) is 0 Å². The summed E-state index contributed by atoms with van der Waals surface area (Å²) in [6, 6.07) is 50.3. The molecule has 3 N–H and O–H groups in total. The topological polar surface area (TPSA) is 150 Å². The van der Waals surface area contributed by atoms with Crippen molar-refractivity contribution in [1.29, 1.82) is 0 Å². The van der Waals surface area contributed by atoms with Crippen LogP contribution in [-0.2, 0) is 22.7 Å². The second kappa shape index (κ2) is 29.5. The quantitative estimate of drug-likeness (QED) is 0.0804. The molecule has 11 rings (SSSR count). The number of nitrogens with zero attached hydrogens (tertiary/aromatic N) is 7. The average Bonchev–Trinajstić information content (AvgIpc) is 4.36. The Morgan fingerprint density at radius 1 is 0.542 bits per heavy atom. The molecule has 8 aromatic rings. The molecule has 3 saturated heterocycles. The monoisotopic (exact) mass is 1110 g/mol. The van der Waals surface area contributed by atoms with E-state index in [9.17, 15) is 19.2 Å². The van der Waals surface area contributed by atoms with E-state index in [0.29, 0.717) is 18.5 Å². The smallest absolute Gasteiger partial charge is 0.253 e. The van der Waals surface area contributed by atoms with Crippen LogP contribution in [0.25, 0.3) is 11.4 Å². The van der Waals surface area contributed by atoms with Gasteiger partial charge in [-0.25, -0.2) is 9.67 Å². The molecule has 3 aliphatic heterocycles. The van der Waals surface area contributed by atoms with Crippen LogP contribution in [0.2, 0.25) is 0 Å². The Morgan fingerprint density at radius 3 is 1.64 bits per heavy atom. The van der Waals surface area contributed by atoms with E-state index in [0.717, 1.165) is 130 Å². The second-order valence-corrected chi connectivity index (χ2v) is 22.5. The maximum Gasteiger partial charge on any atom is 0.253 e. The van der Waals surface area contributed by atoms with Crippen LogP contribution in [0.3, 0.4) is 0 Å². The summed E-state index contributed by atoms with van der Waals surface area (Å²) in [5, 5.41) is 13.7. The third-order valence-electron chi connectivity index (χ3n) is 15.8. The third kappa shape index (κ3) is 17.5. The first-order chi connectivity index (χ1) is 40.4. The molecule has 0 bridgehead atoms. The van der Waals surface area contributed by atoms with Crippen LogP contribution < -0.4 is 16.0 Å². The molecule has 3 atom stereocenters. The van der Waals surface area contributed by atoms with E-state index in [2.05, 4.69) is 98.2 Å². The van der Waals surface area contributed by atoms with E-state index >= 15 is 0 Å². The number of ketones is 1.